The zero-order valence-electron chi connectivity index (χ0n) is 20.8. The van der Waals surface area contributed by atoms with Gasteiger partial charge in [-0.15, -0.1) is 0 Å². The monoisotopic (exact) mass is 526 g/mol. The molecule has 0 aliphatic heterocycles. The summed E-state index contributed by atoms with van der Waals surface area (Å²) in [7, 11) is 1.60. The summed E-state index contributed by atoms with van der Waals surface area (Å²) in [5.74, 6) is 0.346. The average Bonchev–Trinajstić information content (AvgIpc) is 2.88. The lowest BCUT2D eigenvalue weighted by Crippen LogP contribution is -2.52. The van der Waals surface area contributed by atoms with E-state index in [1.165, 1.54) is 0 Å². The van der Waals surface area contributed by atoms with E-state index < -0.39 is 6.04 Å². The van der Waals surface area contributed by atoms with Gasteiger partial charge in [0.2, 0.25) is 11.8 Å². The molecule has 0 spiro atoms. The number of methoxy groups -OCH3 is 1. The highest BCUT2D eigenvalue weighted by molar-refractivity contribution is 6.35. The smallest absolute Gasteiger partial charge is 0.243 e. The average molecular weight is 527 g/mol. The Bertz CT molecular complexity index is 1150. The molecule has 190 valence electrons. The van der Waals surface area contributed by atoms with Gasteiger partial charge in [0.25, 0.3) is 0 Å². The molecule has 0 radical (unpaired) electrons. The molecular formula is C29H32Cl2N2O3. The maximum absolute atomic E-state index is 13.8. The van der Waals surface area contributed by atoms with Crippen molar-refractivity contribution in [3.05, 3.63) is 99.5 Å². The third kappa shape index (κ3) is 7.74. The molecule has 3 aromatic rings. The SMILES string of the molecule is CC[C@H](C)NC(=O)[C@H](Cc1ccccc1)N(Cc1ccc(Cl)cc1Cl)C(=O)Cc1ccc(OC)cc1. The molecule has 0 heterocycles. The van der Waals surface area contributed by atoms with Crippen LogP contribution in [0.2, 0.25) is 10.0 Å². The van der Waals surface area contributed by atoms with Crippen molar-refractivity contribution in [3.63, 3.8) is 0 Å². The topological polar surface area (TPSA) is 58.6 Å². The molecule has 0 bridgehead atoms. The molecule has 0 fully saturated rings. The van der Waals surface area contributed by atoms with E-state index in [-0.39, 0.29) is 30.8 Å². The molecule has 3 aromatic carbocycles. The standard InChI is InChI=1S/C29H32Cl2N2O3/c1-4-20(2)32-29(35)27(16-21-8-6-5-7-9-21)33(19-23-12-13-24(30)18-26(23)31)28(34)17-22-10-14-25(36-3)15-11-22/h5-15,18,20,27H,4,16-17,19H2,1-3H3,(H,32,35)/t20-,27-/m0/s1. The minimum atomic E-state index is -0.723. The Morgan fingerprint density at radius 1 is 0.972 bits per heavy atom. The van der Waals surface area contributed by atoms with E-state index >= 15 is 0 Å². The minimum Gasteiger partial charge on any atom is -0.497 e. The molecule has 2 atom stereocenters. The van der Waals surface area contributed by atoms with Crippen molar-refractivity contribution in [2.24, 2.45) is 0 Å². The summed E-state index contributed by atoms with van der Waals surface area (Å²) in [6.07, 6.45) is 1.30. The Morgan fingerprint density at radius 3 is 2.28 bits per heavy atom. The van der Waals surface area contributed by atoms with Gasteiger partial charge in [0.05, 0.1) is 13.5 Å². The highest BCUT2D eigenvalue weighted by Gasteiger charge is 2.31. The number of carbonyl (C=O) groups is 2. The largest absolute Gasteiger partial charge is 0.497 e. The van der Waals surface area contributed by atoms with E-state index in [2.05, 4.69) is 5.32 Å². The maximum atomic E-state index is 13.8. The van der Waals surface area contributed by atoms with Crippen molar-refractivity contribution in [2.75, 3.05) is 7.11 Å². The second-order valence-corrected chi connectivity index (χ2v) is 9.65. The van der Waals surface area contributed by atoms with Gasteiger partial charge in [0.1, 0.15) is 11.8 Å². The number of ether oxygens (including phenoxy) is 1. The molecule has 7 heteroatoms. The lowest BCUT2D eigenvalue weighted by molar-refractivity contribution is -0.141. The van der Waals surface area contributed by atoms with Crippen LogP contribution in [-0.2, 0) is 29.0 Å². The van der Waals surface area contributed by atoms with Crippen LogP contribution in [0.5, 0.6) is 5.75 Å². The van der Waals surface area contributed by atoms with Gasteiger partial charge in [-0.2, -0.15) is 0 Å². The molecule has 5 nitrogen and oxygen atoms in total. The molecule has 0 aliphatic rings. The van der Waals surface area contributed by atoms with Crippen LogP contribution in [0.4, 0.5) is 0 Å². The third-order valence-corrected chi connectivity index (χ3v) is 6.73. The van der Waals surface area contributed by atoms with Crippen LogP contribution >= 0.6 is 23.2 Å². The van der Waals surface area contributed by atoms with E-state index in [1.807, 2.05) is 68.4 Å². The number of amides is 2. The molecule has 0 unspecified atom stereocenters. The van der Waals surface area contributed by atoms with Gasteiger partial charge >= 0.3 is 0 Å². The summed E-state index contributed by atoms with van der Waals surface area (Å²) < 4.78 is 5.23. The van der Waals surface area contributed by atoms with Crippen LogP contribution in [0.3, 0.4) is 0 Å². The first-order chi connectivity index (χ1) is 17.3. The highest BCUT2D eigenvalue weighted by atomic mass is 35.5. The Kier molecular flexibility index (Phi) is 10.2. The summed E-state index contributed by atoms with van der Waals surface area (Å²) in [5.41, 5.74) is 2.51. The van der Waals surface area contributed by atoms with Crippen LogP contribution in [0.25, 0.3) is 0 Å². The Labute approximate surface area is 223 Å². The number of rotatable bonds is 11. The number of hydrogen-bond acceptors (Lipinski definition) is 3. The second kappa shape index (κ2) is 13.3. The molecular weight excluding hydrogens is 495 g/mol. The number of benzene rings is 3. The van der Waals surface area contributed by atoms with Crippen molar-refractivity contribution in [1.29, 1.82) is 0 Å². The van der Waals surface area contributed by atoms with Gasteiger partial charge < -0.3 is 15.0 Å². The fourth-order valence-electron chi connectivity index (χ4n) is 3.85. The number of nitrogens with one attached hydrogen (secondary N) is 1. The summed E-state index contributed by atoms with van der Waals surface area (Å²) in [6.45, 7) is 4.14. The van der Waals surface area contributed by atoms with Crippen molar-refractivity contribution < 1.29 is 14.3 Å². The zero-order chi connectivity index (χ0) is 26.1. The van der Waals surface area contributed by atoms with Gasteiger partial charge in [0, 0.05) is 29.1 Å². The van der Waals surface area contributed by atoms with Gasteiger partial charge in [-0.1, -0.05) is 78.7 Å². The van der Waals surface area contributed by atoms with Crippen LogP contribution < -0.4 is 10.1 Å². The zero-order valence-corrected chi connectivity index (χ0v) is 22.4. The summed E-state index contributed by atoms with van der Waals surface area (Å²) in [4.78, 5) is 29.0. The summed E-state index contributed by atoms with van der Waals surface area (Å²) in [6, 6.07) is 21.5. The molecule has 0 aliphatic carbocycles. The number of halogens is 2. The highest BCUT2D eigenvalue weighted by Crippen LogP contribution is 2.25. The van der Waals surface area contributed by atoms with Crippen LogP contribution in [0.15, 0.2) is 72.8 Å². The molecule has 0 aromatic heterocycles. The fraction of sp³-hybridized carbons (Fsp3) is 0.310. The van der Waals surface area contributed by atoms with E-state index in [1.54, 1.807) is 30.2 Å². The third-order valence-electron chi connectivity index (χ3n) is 6.14. The lowest BCUT2D eigenvalue weighted by atomic mass is 10.0. The molecule has 2 amide bonds. The predicted octanol–water partition coefficient (Wildman–Crippen LogP) is 6.10. The van der Waals surface area contributed by atoms with E-state index in [0.29, 0.717) is 22.2 Å². The summed E-state index contributed by atoms with van der Waals surface area (Å²) in [5, 5.41) is 4.03. The van der Waals surface area contributed by atoms with E-state index in [0.717, 1.165) is 23.1 Å². The van der Waals surface area contributed by atoms with E-state index in [4.69, 9.17) is 27.9 Å². The molecule has 3 rings (SSSR count). The Morgan fingerprint density at radius 2 is 1.67 bits per heavy atom. The van der Waals surface area contributed by atoms with Crippen LogP contribution in [0, 0.1) is 0 Å². The minimum absolute atomic E-state index is 0.0200. The first-order valence-corrected chi connectivity index (χ1v) is 12.8. The van der Waals surface area contributed by atoms with Crippen molar-refractivity contribution in [2.45, 2.75) is 51.7 Å². The molecule has 0 saturated heterocycles. The normalized spacial score (nSPS) is 12.5. The van der Waals surface area contributed by atoms with Crippen LogP contribution in [0.1, 0.15) is 37.0 Å². The lowest BCUT2D eigenvalue weighted by Gasteiger charge is -2.32. The summed E-state index contributed by atoms with van der Waals surface area (Å²) >= 11 is 12.6. The molecule has 0 saturated carbocycles. The fourth-order valence-corrected chi connectivity index (χ4v) is 4.32. The van der Waals surface area contributed by atoms with Crippen molar-refractivity contribution >= 4 is 35.0 Å². The Balaban J connectivity index is 1.98. The first-order valence-electron chi connectivity index (χ1n) is 12.0. The van der Waals surface area contributed by atoms with Gasteiger partial charge in [-0.3, -0.25) is 9.59 Å². The van der Waals surface area contributed by atoms with Gasteiger partial charge in [0.15, 0.2) is 0 Å². The molecule has 1 N–H and O–H groups in total. The van der Waals surface area contributed by atoms with Gasteiger partial charge in [-0.25, -0.2) is 0 Å². The van der Waals surface area contributed by atoms with E-state index in [9.17, 15) is 9.59 Å². The van der Waals surface area contributed by atoms with Gasteiger partial charge in [-0.05, 0) is 54.3 Å². The maximum Gasteiger partial charge on any atom is 0.243 e. The number of nitrogens with zero attached hydrogens (tertiary/aromatic N) is 1. The van der Waals surface area contributed by atoms with Crippen molar-refractivity contribution in [3.8, 4) is 5.75 Å². The van der Waals surface area contributed by atoms with Crippen molar-refractivity contribution in [1.82, 2.24) is 10.2 Å². The first kappa shape index (κ1) is 27.6. The second-order valence-electron chi connectivity index (χ2n) is 8.81. The number of carbonyl (C=O) groups excluding carboxylic acids is 2. The number of hydrogen-bond donors (Lipinski definition) is 1. The predicted molar refractivity (Wildman–Crippen MR) is 146 cm³/mol. The molecule has 36 heavy (non-hydrogen) atoms. The van der Waals surface area contributed by atoms with Crippen LogP contribution in [-0.4, -0.2) is 35.9 Å². The Hall–Kier alpha value is -3.02. The quantitative estimate of drug-likeness (QED) is 0.328.